The van der Waals surface area contributed by atoms with Crippen molar-refractivity contribution in [2.75, 3.05) is 19.3 Å². The maximum atomic E-state index is 12.1. The second-order valence-electron chi connectivity index (χ2n) is 8.78. The van der Waals surface area contributed by atoms with Crippen LogP contribution in [0.1, 0.15) is 30.0 Å². The van der Waals surface area contributed by atoms with Gasteiger partial charge in [0.25, 0.3) is 0 Å². The predicted octanol–water partition coefficient (Wildman–Crippen LogP) is 3.89. The first-order chi connectivity index (χ1) is 15.4. The van der Waals surface area contributed by atoms with E-state index in [2.05, 4.69) is 65.0 Å². The third kappa shape index (κ3) is 3.03. The number of hydrogen-bond acceptors (Lipinski definition) is 5. The van der Waals surface area contributed by atoms with Gasteiger partial charge in [0.15, 0.2) is 5.72 Å². The molecule has 0 aromatic heterocycles. The van der Waals surface area contributed by atoms with E-state index in [4.69, 9.17) is 4.74 Å². The molecule has 1 N–H and O–H groups in total. The molecule has 1 saturated heterocycles. The fourth-order valence-corrected chi connectivity index (χ4v) is 6.09. The van der Waals surface area contributed by atoms with Crippen molar-refractivity contribution in [3.8, 4) is 5.75 Å². The second kappa shape index (κ2) is 7.07. The zero-order valence-corrected chi connectivity index (χ0v) is 18.7. The minimum Gasteiger partial charge on any atom is -0.470 e. The van der Waals surface area contributed by atoms with Gasteiger partial charge < -0.3 is 10.2 Å². The van der Waals surface area contributed by atoms with Crippen LogP contribution in [0.4, 0.5) is 0 Å². The Morgan fingerprint density at radius 3 is 2.50 bits per heavy atom. The Morgan fingerprint density at radius 1 is 0.969 bits per heavy atom. The van der Waals surface area contributed by atoms with Crippen molar-refractivity contribution >= 4 is 26.5 Å². The van der Waals surface area contributed by atoms with E-state index in [1.165, 1.54) is 17.0 Å². The topological polar surface area (TPSA) is 61.9 Å². The lowest BCUT2D eigenvalue weighted by Crippen LogP contribution is -2.64. The molecule has 164 valence electrons. The fourth-order valence-electron chi connectivity index (χ4n) is 5.25. The number of sulfonamides is 1. The minimum atomic E-state index is -3.22. The number of hydrogen-bond donors (Lipinski definition) is 1. The minimum absolute atomic E-state index is 0.0127. The van der Waals surface area contributed by atoms with Gasteiger partial charge in [-0.15, -0.1) is 0 Å². The molecule has 6 nitrogen and oxygen atoms in total. The summed E-state index contributed by atoms with van der Waals surface area (Å²) in [7, 11) is -3.22. The molecule has 1 fully saturated rings. The van der Waals surface area contributed by atoms with Crippen molar-refractivity contribution < 1.29 is 13.2 Å². The van der Waals surface area contributed by atoms with E-state index in [1.807, 2.05) is 18.2 Å². The van der Waals surface area contributed by atoms with E-state index in [1.54, 1.807) is 4.31 Å². The molecule has 0 bridgehead atoms. The van der Waals surface area contributed by atoms with Gasteiger partial charge in [0.2, 0.25) is 10.0 Å². The van der Waals surface area contributed by atoms with Gasteiger partial charge in [-0.2, -0.15) is 5.01 Å². The van der Waals surface area contributed by atoms with Crippen LogP contribution in [0.5, 0.6) is 5.75 Å². The van der Waals surface area contributed by atoms with Gasteiger partial charge in [0.05, 0.1) is 18.0 Å². The molecule has 1 atom stereocenters. The normalized spacial score (nSPS) is 22.7. The first-order valence-electron chi connectivity index (χ1n) is 10.9. The largest absolute Gasteiger partial charge is 0.470 e. The van der Waals surface area contributed by atoms with Gasteiger partial charge in [-0.1, -0.05) is 60.7 Å². The molecule has 0 aliphatic carbocycles. The van der Waals surface area contributed by atoms with E-state index < -0.39 is 15.7 Å². The van der Waals surface area contributed by atoms with Crippen molar-refractivity contribution in [2.24, 2.45) is 0 Å². The molecule has 6 rings (SSSR count). The molecule has 32 heavy (non-hydrogen) atoms. The summed E-state index contributed by atoms with van der Waals surface area (Å²) in [4.78, 5) is 0. The molecular weight excluding hydrogens is 422 g/mol. The summed E-state index contributed by atoms with van der Waals surface area (Å²) < 4.78 is 32.3. The summed E-state index contributed by atoms with van der Waals surface area (Å²) in [5.74, 6) is 0.874. The molecular formula is C25H25N3O3S. The number of ether oxygens (including phenoxy) is 1. The molecule has 3 aromatic carbocycles. The fraction of sp³-hybridized carbons (Fsp3) is 0.280. The Morgan fingerprint density at radius 2 is 1.69 bits per heavy atom. The lowest BCUT2D eigenvalue weighted by atomic mass is 9.93. The van der Waals surface area contributed by atoms with Crippen LogP contribution in [0.2, 0.25) is 0 Å². The van der Waals surface area contributed by atoms with Gasteiger partial charge in [-0.3, -0.25) is 0 Å². The van der Waals surface area contributed by atoms with Gasteiger partial charge in [0.1, 0.15) is 5.75 Å². The van der Waals surface area contributed by atoms with Crippen molar-refractivity contribution in [3.05, 3.63) is 83.9 Å². The summed E-state index contributed by atoms with van der Waals surface area (Å²) in [6.45, 7) is 0.880. The van der Waals surface area contributed by atoms with Crippen molar-refractivity contribution in [1.82, 2.24) is 14.7 Å². The van der Waals surface area contributed by atoms with Gasteiger partial charge in [-0.05, 0) is 22.9 Å². The number of rotatable bonds is 2. The van der Waals surface area contributed by atoms with Crippen LogP contribution in [0.15, 0.2) is 72.8 Å². The summed E-state index contributed by atoms with van der Waals surface area (Å²) in [6, 6.07) is 22.9. The Labute approximate surface area is 188 Å². The lowest BCUT2D eigenvalue weighted by molar-refractivity contribution is -0.153. The molecule has 7 heteroatoms. The molecule has 1 spiro atoms. The Kier molecular flexibility index (Phi) is 4.37. The average molecular weight is 448 g/mol. The van der Waals surface area contributed by atoms with E-state index in [0.29, 0.717) is 25.9 Å². The number of fused-ring (bicyclic) bond motifs is 5. The standard InChI is InChI=1S/C25H25N3O3S/c1-32(29,30)27-15-13-25(14-16-27)28-23(21-10-4-5-12-24(21)31-25)17-22(26-28)20-11-6-8-18-7-2-3-9-19(18)20/h2-12,17,23,26H,13-16H2,1H3/t23-/m1/s1. The molecule has 0 saturated carbocycles. The van der Waals surface area contributed by atoms with Crippen LogP contribution < -0.4 is 10.2 Å². The highest BCUT2D eigenvalue weighted by atomic mass is 32.2. The second-order valence-corrected chi connectivity index (χ2v) is 10.8. The quantitative estimate of drug-likeness (QED) is 0.646. The number of nitrogens with one attached hydrogen (secondary N) is 1. The van der Waals surface area contributed by atoms with E-state index >= 15 is 0 Å². The van der Waals surface area contributed by atoms with Gasteiger partial charge in [0, 0.05) is 37.1 Å². The number of hydrazine groups is 1. The van der Waals surface area contributed by atoms with Crippen LogP contribution in [0.3, 0.4) is 0 Å². The smallest absolute Gasteiger partial charge is 0.211 e. The van der Waals surface area contributed by atoms with Crippen molar-refractivity contribution in [3.63, 3.8) is 0 Å². The van der Waals surface area contributed by atoms with E-state index in [9.17, 15) is 8.42 Å². The highest BCUT2D eigenvalue weighted by Gasteiger charge is 2.52. The van der Waals surface area contributed by atoms with E-state index in [-0.39, 0.29) is 6.04 Å². The molecule has 3 heterocycles. The third-order valence-corrected chi connectivity index (χ3v) is 8.18. The Hall–Kier alpha value is -2.87. The maximum absolute atomic E-state index is 12.1. The van der Waals surface area contributed by atoms with Crippen LogP contribution in [0, 0.1) is 0 Å². The molecule has 3 aromatic rings. The van der Waals surface area contributed by atoms with Crippen molar-refractivity contribution in [1.29, 1.82) is 0 Å². The van der Waals surface area contributed by atoms with Crippen LogP contribution >= 0.6 is 0 Å². The van der Waals surface area contributed by atoms with Gasteiger partial charge in [-0.25, -0.2) is 12.7 Å². The maximum Gasteiger partial charge on any atom is 0.211 e. The Bertz CT molecular complexity index is 1340. The first kappa shape index (κ1) is 19.8. The number of nitrogens with zero attached hydrogens (tertiary/aromatic N) is 2. The molecule has 3 aliphatic rings. The lowest BCUT2D eigenvalue weighted by Gasteiger charge is -2.51. The van der Waals surface area contributed by atoms with Crippen LogP contribution in [-0.2, 0) is 10.0 Å². The van der Waals surface area contributed by atoms with Crippen LogP contribution in [-0.4, -0.2) is 42.8 Å². The molecule has 0 amide bonds. The summed E-state index contributed by atoms with van der Waals surface area (Å²) in [5.41, 5.74) is 6.37. The van der Waals surface area contributed by atoms with E-state index in [0.717, 1.165) is 22.6 Å². The zero-order valence-electron chi connectivity index (χ0n) is 17.9. The predicted molar refractivity (Wildman–Crippen MR) is 125 cm³/mol. The zero-order chi connectivity index (χ0) is 21.9. The number of piperidine rings is 1. The summed E-state index contributed by atoms with van der Waals surface area (Å²) in [6.07, 6.45) is 4.73. The third-order valence-electron chi connectivity index (χ3n) is 6.87. The number of para-hydroxylation sites is 1. The summed E-state index contributed by atoms with van der Waals surface area (Å²) >= 11 is 0. The summed E-state index contributed by atoms with van der Waals surface area (Å²) in [5, 5.41) is 4.60. The molecule has 0 unspecified atom stereocenters. The Balaban J connectivity index is 1.42. The van der Waals surface area contributed by atoms with Crippen molar-refractivity contribution in [2.45, 2.75) is 24.6 Å². The van der Waals surface area contributed by atoms with Crippen LogP contribution in [0.25, 0.3) is 16.5 Å². The highest BCUT2D eigenvalue weighted by Crippen LogP contribution is 2.48. The monoisotopic (exact) mass is 447 g/mol. The molecule has 3 aliphatic heterocycles. The molecule has 0 radical (unpaired) electrons. The SMILES string of the molecule is CS(=O)(=O)N1CCC2(CC1)Oc1ccccc1[C@H]1C=C(c3cccc4ccccc34)NN12. The van der Waals surface area contributed by atoms with Gasteiger partial charge >= 0.3 is 0 Å². The highest BCUT2D eigenvalue weighted by molar-refractivity contribution is 7.88. The average Bonchev–Trinajstić information content (AvgIpc) is 3.25. The first-order valence-corrected chi connectivity index (χ1v) is 12.8. The number of benzene rings is 3.